The Morgan fingerprint density at radius 3 is 2.72 bits per heavy atom. The van der Waals surface area contributed by atoms with Gasteiger partial charge < -0.3 is 14.8 Å². The second kappa shape index (κ2) is 9.80. The summed E-state index contributed by atoms with van der Waals surface area (Å²) in [7, 11) is 1.54. The summed E-state index contributed by atoms with van der Waals surface area (Å²) in [6.45, 7) is 2.79. The number of rotatable bonds is 8. The van der Waals surface area contributed by atoms with E-state index in [2.05, 4.69) is 10.4 Å². The van der Waals surface area contributed by atoms with Crippen molar-refractivity contribution in [2.75, 3.05) is 13.7 Å². The van der Waals surface area contributed by atoms with Crippen LogP contribution < -0.4 is 14.8 Å². The van der Waals surface area contributed by atoms with Gasteiger partial charge in [0, 0.05) is 25.0 Å². The lowest BCUT2D eigenvalue weighted by molar-refractivity contribution is -0.116. The number of methoxy groups -OCH3 is 1. The van der Waals surface area contributed by atoms with Gasteiger partial charge >= 0.3 is 0 Å². The van der Waals surface area contributed by atoms with Crippen molar-refractivity contribution in [1.29, 1.82) is 0 Å². The molecule has 0 saturated heterocycles. The maximum atomic E-state index is 12.2. The van der Waals surface area contributed by atoms with Gasteiger partial charge in [0.1, 0.15) is 0 Å². The molecule has 0 spiro atoms. The summed E-state index contributed by atoms with van der Waals surface area (Å²) >= 11 is 6.23. The normalized spacial score (nSPS) is 10.9. The van der Waals surface area contributed by atoms with Gasteiger partial charge in [0.2, 0.25) is 5.91 Å². The van der Waals surface area contributed by atoms with Gasteiger partial charge in [0.15, 0.2) is 11.5 Å². The second-order valence-corrected chi connectivity index (χ2v) is 6.54. The molecule has 0 fully saturated rings. The van der Waals surface area contributed by atoms with Crippen molar-refractivity contribution in [3.05, 3.63) is 77.1 Å². The van der Waals surface area contributed by atoms with Crippen LogP contribution in [-0.2, 0) is 11.3 Å². The number of hydrogen-bond acceptors (Lipinski definition) is 4. The molecule has 0 atom stereocenters. The molecule has 2 aromatic carbocycles. The Balaban J connectivity index is 1.60. The van der Waals surface area contributed by atoms with Gasteiger partial charge in [-0.05, 0) is 54.5 Å². The zero-order valence-corrected chi connectivity index (χ0v) is 17.0. The van der Waals surface area contributed by atoms with Crippen molar-refractivity contribution in [2.24, 2.45) is 0 Å². The lowest BCUT2D eigenvalue weighted by atomic mass is 10.1. The SMILES string of the molecule is CCOc1cc(/C=C/C(=O)NCc2ccc(-n3cccn3)cc2)cc(Cl)c1OC. The third-order valence-corrected chi connectivity index (χ3v) is 4.42. The molecule has 1 heterocycles. The highest BCUT2D eigenvalue weighted by Crippen LogP contribution is 2.36. The summed E-state index contributed by atoms with van der Waals surface area (Å²) < 4.78 is 12.6. The summed E-state index contributed by atoms with van der Waals surface area (Å²) in [6.07, 6.45) is 6.76. The highest BCUT2D eigenvalue weighted by molar-refractivity contribution is 6.32. The number of carbonyl (C=O) groups excluding carboxylic acids is 1. The number of aromatic nitrogens is 2. The van der Waals surface area contributed by atoms with Crippen molar-refractivity contribution in [2.45, 2.75) is 13.5 Å². The number of ether oxygens (including phenoxy) is 2. The molecule has 3 rings (SSSR count). The van der Waals surface area contributed by atoms with E-state index in [1.807, 2.05) is 43.5 Å². The molecule has 3 aromatic rings. The molecule has 150 valence electrons. The van der Waals surface area contributed by atoms with Crippen LogP contribution >= 0.6 is 11.6 Å². The Bertz CT molecular complexity index is 983. The van der Waals surface area contributed by atoms with Crippen molar-refractivity contribution < 1.29 is 14.3 Å². The minimum Gasteiger partial charge on any atom is -0.491 e. The van der Waals surface area contributed by atoms with E-state index in [0.717, 1.165) is 16.8 Å². The minimum absolute atomic E-state index is 0.203. The molecule has 6 nitrogen and oxygen atoms in total. The maximum Gasteiger partial charge on any atom is 0.244 e. The zero-order chi connectivity index (χ0) is 20.6. The molecular formula is C22H22ClN3O3. The Kier molecular flexibility index (Phi) is 6.92. The monoisotopic (exact) mass is 411 g/mol. The Morgan fingerprint density at radius 2 is 2.07 bits per heavy atom. The number of amides is 1. The third-order valence-electron chi connectivity index (χ3n) is 4.14. The van der Waals surface area contributed by atoms with E-state index < -0.39 is 0 Å². The molecule has 29 heavy (non-hydrogen) atoms. The quantitative estimate of drug-likeness (QED) is 0.562. The molecule has 0 saturated carbocycles. The molecular weight excluding hydrogens is 390 g/mol. The van der Waals surface area contributed by atoms with Gasteiger partial charge in [-0.2, -0.15) is 5.10 Å². The van der Waals surface area contributed by atoms with Gasteiger partial charge in [-0.1, -0.05) is 23.7 Å². The van der Waals surface area contributed by atoms with E-state index in [1.165, 1.54) is 13.2 Å². The molecule has 7 heteroatoms. The summed E-state index contributed by atoms with van der Waals surface area (Å²) in [5, 5.41) is 7.48. The average Bonchev–Trinajstić information content (AvgIpc) is 3.26. The van der Waals surface area contributed by atoms with Crippen LogP contribution in [0.2, 0.25) is 5.02 Å². The van der Waals surface area contributed by atoms with Crippen LogP contribution in [-0.4, -0.2) is 29.4 Å². The van der Waals surface area contributed by atoms with Gasteiger partial charge in [-0.25, -0.2) is 4.68 Å². The number of hydrogen-bond donors (Lipinski definition) is 1. The second-order valence-electron chi connectivity index (χ2n) is 6.14. The molecule has 0 aliphatic rings. The third kappa shape index (κ3) is 5.39. The minimum atomic E-state index is -0.203. The topological polar surface area (TPSA) is 65.4 Å². The number of nitrogens with zero attached hydrogens (tertiary/aromatic N) is 2. The molecule has 1 aromatic heterocycles. The first-order valence-electron chi connectivity index (χ1n) is 9.16. The molecule has 0 aliphatic heterocycles. The smallest absolute Gasteiger partial charge is 0.244 e. The van der Waals surface area contributed by atoms with Gasteiger partial charge in [-0.15, -0.1) is 0 Å². The largest absolute Gasteiger partial charge is 0.491 e. The van der Waals surface area contributed by atoms with Crippen molar-refractivity contribution in [3.63, 3.8) is 0 Å². The molecule has 0 radical (unpaired) electrons. The Labute approximate surface area is 174 Å². The fourth-order valence-corrected chi connectivity index (χ4v) is 3.05. The number of benzene rings is 2. The highest BCUT2D eigenvalue weighted by Gasteiger charge is 2.10. The first-order chi connectivity index (χ1) is 14.1. The lowest BCUT2D eigenvalue weighted by Crippen LogP contribution is -2.20. The van der Waals surface area contributed by atoms with Crippen LogP contribution in [0.15, 0.2) is 60.9 Å². The first-order valence-corrected chi connectivity index (χ1v) is 9.53. The number of carbonyl (C=O) groups is 1. The highest BCUT2D eigenvalue weighted by atomic mass is 35.5. The molecule has 1 N–H and O–H groups in total. The van der Waals surface area contributed by atoms with E-state index in [1.54, 1.807) is 29.1 Å². The molecule has 0 bridgehead atoms. The van der Waals surface area contributed by atoms with Crippen molar-refractivity contribution >= 4 is 23.6 Å². The van der Waals surface area contributed by atoms with Gasteiger partial charge in [-0.3, -0.25) is 4.79 Å². The molecule has 1 amide bonds. The fourth-order valence-electron chi connectivity index (χ4n) is 2.75. The van der Waals surface area contributed by atoms with Crippen LogP contribution in [0.25, 0.3) is 11.8 Å². The van der Waals surface area contributed by atoms with Crippen LogP contribution in [0.5, 0.6) is 11.5 Å². The van der Waals surface area contributed by atoms with Crippen LogP contribution in [0, 0.1) is 0 Å². The summed E-state index contributed by atoms with van der Waals surface area (Å²) in [5.41, 5.74) is 2.71. The van der Waals surface area contributed by atoms with Crippen LogP contribution in [0.1, 0.15) is 18.1 Å². The standard InChI is InChI=1S/C22H22ClN3O3/c1-3-29-20-14-17(13-19(23)22(20)28-2)7-10-21(27)24-15-16-5-8-18(9-6-16)26-12-4-11-25-26/h4-14H,3,15H2,1-2H3,(H,24,27)/b10-7+. The lowest BCUT2D eigenvalue weighted by Gasteiger charge is -2.11. The number of nitrogens with one attached hydrogen (secondary N) is 1. The van der Waals surface area contributed by atoms with Crippen LogP contribution in [0.4, 0.5) is 0 Å². The first kappa shape index (κ1) is 20.5. The van der Waals surface area contributed by atoms with E-state index >= 15 is 0 Å². The van der Waals surface area contributed by atoms with E-state index in [4.69, 9.17) is 21.1 Å². The van der Waals surface area contributed by atoms with E-state index in [-0.39, 0.29) is 5.91 Å². The van der Waals surface area contributed by atoms with E-state index in [0.29, 0.717) is 29.7 Å². The van der Waals surface area contributed by atoms with Crippen molar-refractivity contribution in [3.8, 4) is 17.2 Å². The fraction of sp³-hybridized carbons (Fsp3) is 0.182. The van der Waals surface area contributed by atoms with Crippen LogP contribution in [0.3, 0.4) is 0 Å². The number of halogens is 1. The Hall–Kier alpha value is -3.25. The Morgan fingerprint density at radius 1 is 1.28 bits per heavy atom. The predicted molar refractivity (Wildman–Crippen MR) is 114 cm³/mol. The van der Waals surface area contributed by atoms with Gasteiger partial charge in [0.25, 0.3) is 0 Å². The van der Waals surface area contributed by atoms with Gasteiger partial charge in [0.05, 0.1) is 24.4 Å². The summed E-state index contributed by atoms with van der Waals surface area (Å²) in [5.74, 6) is 0.819. The zero-order valence-electron chi connectivity index (χ0n) is 16.3. The summed E-state index contributed by atoms with van der Waals surface area (Å²) in [4.78, 5) is 12.2. The van der Waals surface area contributed by atoms with E-state index in [9.17, 15) is 4.79 Å². The molecule has 0 unspecified atom stereocenters. The average molecular weight is 412 g/mol. The molecule has 0 aliphatic carbocycles. The maximum absolute atomic E-state index is 12.2. The summed E-state index contributed by atoms with van der Waals surface area (Å²) in [6, 6.07) is 13.2. The predicted octanol–water partition coefficient (Wildman–Crippen LogP) is 4.26. The van der Waals surface area contributed by atoms with Crippen molar-refractivity contribution in [1.82, 2.24) is 15.1 Å².